The van der Waals surface area contributed by atoms with Gasteiger partial charge in [-0.15, -0.1) is 0 Å². The molecule has 0 saturated carbocycles. The van der Waals surface area contributed by atoms with Gasteiger partial charge in [0.1, 0.15) is 0 Å². The minimum atomic E-state index is -0.877. The topological polar surface area (TPSA) is 134 Å². The fraction of sp³-hybridized carbons (Fsp3) is 0.381. The second kappa shape index (κ2) is 8.07. The molecule has 8 nitrogen and oxygen atoms in total. The SMILES string of the molecule is CC(CO)Nc1c(C(=O)NCCC(C)(C)O)cnc2c1[nH]c1cc(C#N)ccc12. The van der Waals surface area contributed by atoms with Crippen LogP contribution in [0.25, 0.3) is 21.9 Å². The molecule has 0 saturated heterocycles. The van der Waals surface area contributed by atoms with Gasteiger partial charge in [0.25, 0.3) is 5.91 Å². The summed E-state index contributed by atoms with van der Waals surface area (Å²) >= 11 is 0. The third-order valence-electron chi connectivity index (χ3n) is 4.67. The smallest absolute Gasteiger partial charge is 0.255 e. The van der Waals surface area contributed by atoms with Gasteiger partial charge in [-0.25, -0.2) is 0 Å². The van der Waals surface area contributed by atoms with Crippen LogP contribution in [0.2, 0.25) is 0 Å². The van der Waals surface area contributed by atoms with Crippen molar-refractivity contribution in [3.63, 3.8) is 0 Å². The highest BCUT2D eigenvalue weighted by Gasteiger charge is 2.20. The Hall–Kier alpha value is -3.15. The van der Waals surface area contributed by atoms with Crippen LogP contribution in [0.1, 0.15) is 43.1 Å². The summed E-state index contributed by atoms with van der Waals surface area (Å²) in [7, 11) is 0. The van der Waals surface area contributed by atoms with E-state index in [1.807, 2.05) is 6.07 Å². The second-order valence-electron chi connectivity index (χ2n) is 7.81. The van der Waals surface area contributed by atoms with E-state index in [-0.39, 0.29) is 18.6 Å². The molecule has 0 aliphatic carbocycles. The van der Waals surface area contributed by atoms with Gasteiger partial charge >= 0.3 is 0 Å². The molecule has 0 radical (unpaired) electrons. The summed E-state index contributed by atoms with van der Waals surface area (Å²) in [4.78, 5) is 20.5. The molecular formula is C21H25N5O3. The van der Waals surface area contributed by atoms with Crippen molar-refractivity contribution in [1.29, 1.82) is 5.26 Å². The highest BCUT2D eigenvalue weighted by atomic mass is 16.3. The summed E-state index contributed by atoms with van der Waals surface area (Å²) in [6.07, 6.45) is 1.91. The highest BCUT2D eigenvalue weighted by Crippen LogP contribution is 2.32. The Labute approximate surface area is 168 Å². The van der Waals surface area contributed by atoms with Crippen molar-refractivity contribution in [3.8, 4) is 6.07 Å². The summed E-state index contributed by atoms with van der Waals surface area (Å²) in [5.74, 6) is -0.326. The monoisotopic (exact) mass is 395 g/mol. The predicted molar refractivity (Wildman–Crippen MR) is 112 cm³/mol. The molecule has 0 bridgehead atoms. The Bertz CT molecular complexity index is 1090. The van der Waals surface area contributed by atoms with Gasteiger partial charge in [-0.2, -0.15) is 5.26 Å². The lowest BCUT2D eigenvalue weighted by Gasteiger charge is -2.19. The van der Waals surface area contributed by atoms with Gasteiger partial charge in [0.15, 0.2) is 0 Å². The first-order valence-electron chi connectivity index (χ1n) is 9.46. The molecule has 0 aliphatic rings. The molecule has 8 heteroatoms. The minimum absolute atomic E-state index is 0.109. The van der Waals surface area contributed by atoms with Gasteiger partial charge in [-0.1, -0.05) is 0 Å². The molecule has 3 rings (SSSR count). The number of anilines is 1. The minimum Gasteiger partial charge on any atom is -0.394 e. The molecule has 1 amide bonds. The van der Waals surface area contributed by atoms with E-state index in [4.69, 9.17) is 5.26 Å². The Morgan fingerprint density at radius 2 is 2.17 bits per heavy atom. The lowest BCUT2D eigenvalue weighted by atomic mass is 10.1. The standard InChI is InChI=1S/C21H25N5O3/c1-12(11-27)25-18-15(20(28)23-7-6-21(2,3)29)10-24-17-14-5-4-13(9-22)8-16(14)26-19(17)18/h4-5,8,10,12,26-27,29H,6-7,11H2,1-3H3,(H,23,28)(H,24,25). The number of aliphatic hydroxyl groups is 2. The molecule has 152 valence electrons. The number of aromatic nitrogens is 2. The van der Waals surface area contributed by atoms with E-state index in [0.29, 0.717) is 40.8 Å². The summed E-state index contributed by atoms with van der Waals surface area (Å²) in [5, 5.41) is 35.3. The molecule has 0 fully saturated rings. The number of hydrogen-bond donors (Lipinski definition) is 5. The summed E-state index contributed by atoms with van der Waals surface area (Å²) in [6, 6.07) is 7.10. The van der Waals surface area contributed by atoms with E-state index in [0.717, 1.165) is 10.9 Å². The first-order valence-corrected chi connectivity index (χ1v) is 9.46. The number of aromatic amines is 1. The number of hydrogen-bond acceptors (Lipinski definition) is 6. The van der Waals surface area contributed by atoms with E-state index >= 15 is 0 Å². The normalized spacial score (nSPS) is 12.7. The quantitative estimate of drug-likeness (QED) is 0.417. The lowest BCUT2D eigenvalue weighted by Crippen LogP contribution is -2.31. The van der Waals surface area contributed by atoms with E-state index in [2.05, 4.69) is 26.7 Å². The molecule has 1 aromatic carbocycles. The Kier molecular flexibility index (Phi) is 5.73. The van der Waals surface area contributed by atoms with Crippen molar-refractivity contribution in [2.24, 2.45) is 0 Å². The summed E-state index contributed by atoms with van der Waals surface area (Å²) < 4.78 is 0. The molecule has 0 spiro atoms. The predicted octanol–water partition coefficient (Wildman–Crippen LogP) is 2.27. The number of benzene rings is 1. The molecule has 29 heavy (non-hydrogen) atoms. The Morgan fingerprint density at radius 3 is 2.83 bits per heavy atom. The number of carbonyl (C=O) groups excluding carboxylic acids is 1. The first kappa shape index (κ1) is 20.6. The number of pyridine rings is 1. The summed E-state index contributed by atoms with van der Waals surface area (Å²) in [5.41, 5.74) is 2.55. The number of nitriles is 1. The molecule has 1 unspecified atom stereocenters. The molecule has 2 aromatic heterocycles. The first-order chi connectivity index (χ1) is 13.7. The number of nitrogens with one attached hydrogen (secondary N) is 3. The molecule has 2 heterocycles. The van der Waals surface area contributed by atoms with Crippen LogP contribution in [0.3, 0.4) is 0 Å². The number of carbonyl (C=O) groups is 1. The van der Waals surface area contributed by atoms with Crippen molar-refractivity contribution in [2.45, 2.75) is 38.8 Å². The van der Waals surface area contributed by atoms with Gasteiger partial charge in [0.2, 0.25) is 0 Å². The number of aliphatic hydroxyl groups excluding tert-OH is 1. The number of nitrogens with zero attached hydrogens (tertiary/aromatic N) is 2. The van der Waals surface area contributed by atoms with Crippen LogP contribution >= 0.6 is 0 Å². The number of rotatable bonds is 7. The largest absolute Gasteiger partial charge is 0.394 e. The molecular weight excluding hydrogens is 370 g/mol. The molecule has 1 atom stereocenters. The van der Waals surface area contributed by atoms with Gasteiger partial charge in [0.05, 0.1) is 46.1 Å². The van der Waals surface area contributed by atoms with Crippen LogP contribution in [0.5, 0.6) is 0 Å². The zero-order chi connectivity index (χ0) is 21.2. The van der Waals surface area contributed by atoms with E-state index in [1.165, 1.54) is 6.20 Å². The van der Waals surface area contributed by atoms with Crippen LogP contribution < -0.4 is 10.6 Å². The van der Waals surface area contributed by atoms with E-state index < -0.39 is 5.60 Å². The number of amides is 1. The third kappa shape index (κ3) is 4.47. The zero-order valence-electron chi connectivity index (χ0n) is 16.7. The molecule has 3 aromatic rings. The van der Waals surface area contributed by atoms with Crippen LogP contribution in [0.4, 0.5) is 5.69 Å². The van der Waals surface area contributed by atoms with E-state index in [1.54, 1.807) is 32.9 Å². The van der Waals surface area contributed by atoms with E-state index in [9.17, 15) is 15.0 Å². The molecule has 0 aliphatic heterocycles. The molecule has 5 N–H and O–H groups in total. The van der Waals surface area contributed by atoms with Crippen molar-refractivity contribution < 1.29 is 15.0 Å². The van der Waals surface area contributed by atoms with Crippen molar-refractivity contribution in [2.75, 3.05) is 18.5 Å². The van der Waals surface area contributed by atoms with Crippen molar-refractivity contribution >= 4 is 33.5 Å². The van der Waals surface area contributed by atoms with Crippen LogP contribution in [0, 0.1) is 11.3 Å². The summed E-state index contributed by atoms with van der Waals surface area (Å²) in [6.45, 7) is 5.37. The zero-order valence-corrected chi connectivity index (χ0v) is 16.7. The number of fused-ring (bicyclic) bond motifs is 3. The van der Waals surface area contributed by atoms with Gasteiger partial charge < -0.3 is 25.8 Å². The Morgan fingerprint density at radius 1 is 1.41 bits per heavy atom. The fourth-order valence-electron chi connectivity index (χ4n) is 3.09. The van der Waals surface area contributed by atoms with Gasteiger partial charge in [0, 0.05) is 29.7 Å². The van der Waals surface area contributed by atoms with Crippen LogP contribution in [0.15, 0.2) is 24.4 Å². The van der Waals surface area contributed by atoms with Crippen molar-refractivity contribution in [3.05, 3.63) is 35.5 Å². The average Bonchev–Trinajstić information content (AvgIpc) is 3.05. The lowest BCUT2D eigenvalue weighted by molar-refractivity contribution is 0.0693. The van der Waals surface area contributed by atoms with Gasteiger partial charge in [-0.05, 0) is 45.4 Å². The Balaban J connectivity index is 2.06. The van der Waals surface area contributed by atoms with Crippen LogP contribution in [-0.2, 0) is 0 Å². The maximum atomic E-state index is 12.8. The number of H-pyrrole nitrogens is 1. The maximum Gasteiger partial charge on any atom is 0.255 e. The fourth-order valence-corrected chi connectivity index (χ4v) is 3.09. The van der Waals surface area contributed by atoms with Gasteiger partial charge in [-0.3, -0.25) is 9.78 Å². The highest BCUT2D eigenvalue weighted by molar-refractivity contribution is 6.13. The van der Waals surface area contributed by atoms with Crippen LogP contribution in [-0.4, -0.2) is 50.9 Å². The second-order valence-corrected chi connectivity index (χ2v) is 7.81. The maximum absolute atomic E-state index is 12.8. The van der Waals surface area contributed by atoms with Crippen molar-refractivity contribution in [1.82, 2.24) is 15.3 Å². The average molecular weight is 395 g/mol. The third-order valence-corrected chi connectivity index (χ3v) is 4.67.